The second-order valence-electron chi connectivity index (χ2n) is 4.43. The summed E-state index contributed by atoms with van der Waals surface area (Å²) in [4.78, 5) is 29.6. The first-order chi connectivity index (χ1) is 10.4. The largest absolute Gasteiger partial charge is 0.345 e. The summed E-state index contributed by atoms with van der Waals surface area (Å²) in [6.07, 6.45) is 1.32. The van der Waals surface area contributed by atoms with Crippen LogP contribution in [0.3, 0.4) is 0 Å². The van der Waals surface area contributed by atoms with Gasteiger partial charge in [-0.2, -0.15) is 5.26 Å². The maximum Gasteiger partial charge on any atom is 0.261 e. The number of nitrogens with one attached hydrogen (secondary N) is 2. The van der Waals surface area contributed by atoms with E-state index in [0.717, 1.165) is 0 Å². The fourth-order valence-corrected chi connectivity index (χ4v) is 2.00. The molecule has 0 bridgehead atoms. The summed E-state index contributed by atoms with van der Waals surface area (Å²) in [6.45, 7) is 1.55. The van der Waals surface area contributed by atoms with Gasteiger partial charge in [-0.25, -0.2) is 9.37 Å². The minimum absolute atomic E-state index is 0.0431. The molecule has 2 heterocycles. The number of aromatic nitrogens is 2. The number of aromatic amines is 1. The van der Waals surface area contributed by atoms with Crippen LogP contribution in [0.4, 0.5) is 4.39 Å². The van der Waals surface area contributed by atoms with E-state index in [2.05, 4.69) is 15.3 Å². The standard InChI is InChI=1S/C14H10ClFN4O2/c1-7(9-4-5-18-12(15)11(9)16)19-13(21)10-3-2-8(6-17)20-14(10)22/h2-5,7H,1H3,(H,19,21)(H,20,22). The summed E-state index contributed by atoms with van der Waals surface area (Å²) in [5.74, 6) is -1.42. The maximum atomic E-state index is 13.8. The van der Waals surface area contributed by atoms with Crippen molar-refractivity contribution in [2.75, 3.05) is 0 Å². The third kappa shape index (κ3) is 3.13. The number of carbonyl (C=O) groups excluding carboxylic acids is 1. The Hall–Kier alpha value is -2.72. The Morgan fingerprint density at radius 3 is 2.86 bits per heavy atom. The Labute approximate surface area is 129 Å². The van der Waals surface area contributed by atoms with Crippen LogP contribution in [0, 0.1) is 17.1 Å². The highest BCUT2D eigenvalue weighted by atomic mass is 35.5. The third-order valence-corrected chi connectivity index (χ3v) is 3.23. The van der Waals surface area contributed by atoms with Gasteiger partial charge in [0.2, 0.25) is 0 Å². The van der Waals surface area contributed by atoms with Crippen LogP contribution in [0.25, 0.3) is 0 Å². The summed E-state index contributed by atoms with van der Waals surface area (Å²) in [5.41, 5.74) is -0.677. The average molecular weight is 321 g/mol. The van der Waals surface area contributed by atoms with Crippen molar-refractivity contribution < 1.29 is 9.18 Å². The number of halogens is 2. The van der Waals surface area contributed by atoms with Crippen molar-refractivity contribution in [3.63, 3.8) is 0 Å². The quantitative estimate of drug-likeness (QED) is 0.844. The van der Waals surface area contributed by atoms with Crippen molar-refractivity contribution in [1.82, 2.24) is 15.3 Å². The monoisotopic (exact) mass is 320 g/mol. The maximum absolute atomic E-state index is 13.8. The summed E-state index contributed by atoms with van der Waals surface area (Å²) in [5, 5.41) is 10.9. The van der Waals surface area contributed by atoms with Crippen LogP contribution >= 0.6 is 11.6 Å². The Kier molecular flexibility index (Phi) is 4.53. The average Bonchev–Trinajstić information content (AvgIpc) is 2.49. The highest BCUT2D eigenvalue weighted by Gasteiger charge is 2.18. The third-order valence-electron chi connectivity index (χ3n) is 2.97. The molecule has 0 radical (unpaired) electrons. The normalized spacial score (nSPS) is 11.5. The van der Waals surface area contributed by atoms with E-state index in [-0.39, 0.29) is 22.0 Å². The van der Waals surface area contributed by atoms with Crippen LogP contribution < -0.4 is 10.9 Å². The highest BCUT2D eigenvalue weighted by Crippen LogP contribution is 2.21. The number of H-pyrrole nitrogens is 1. The number of hydrogen-bond donors (Lipinski definition) is 2. The first-order valence-electron chi connectivity index (χ1n) is 6.18. The summed E-state index contributed by atoms with van der Waals surface area (Å²) in [7, 11) is 0. The molecule has 0 spiro atoms. The SMILES string of the molecule is CC(NC(=O)c1ccc(C#N)[nH]c1=O)c1ccnc(Cl)c1F. The van der Waals surface area contributed by atoms with Gasteiger partial charge in [0.1, 0.15) is 17.3 Å². The van der Waals surface area contributed by atoms with E-state index in [4.69, 9.17) is 16.9 Å². The van der Waals surface area contributed by atoms with Crippen LogP contribution in [-0.4, -0.2) is 15.9 Å². The number of amides is 1. The van der Waals surface area contributed by atoms with E-state index >= 15 is 0 Å². The molecule has 1 amide bonds. The van der Waals surface area contributed by atoms with Gasteiger partial charge in [0, 0.05) is 11.8 Å². The molecule has 0 aliphatic rings. The molecule has 0 saturated carbocycles. The molecule has 8 heteroatoms. The van der Waals surface area contributed by atoms with E-state index < -0.39 is 23.3 Å². The van der Waals surface area contributed by atoms with Gasteiger partial charge in [-0.3, -0.25) is 9.59 Å². The van der Waals surface area contributed by atoms with Crippen molar-refractivity contribution in [1.29, 1.82) is 5.26 Å². The zero-order valence-corrected chi connectivity index (χ0v) is 12.1. The van der Waals surface area contributed by atoms with Crippen molar-refractivity contribution in [2.45, 2.75) is 13.0 Å². The lowest BCUT2D eigenvalue weighted by atomic mass is 10.1. The highest BCUT2D eigenvalue weighted by molar-refractivity contribution is 6.29. The molecule has 2 rings (SSSR count). The summed E-state index contributed by atoms with van der Waals surface area (Å²) in [6, 6.07) is 4.96. The number of nitriles is 1. The molecule has 1 unspecified atom stereocenters. The smallest absolute Gasteiger partial charge is 0.261 e. The van der Waals surface area contributed by atoms with Gasteiger partial charge in [-0.1, -0.05) is 11.6 Å². The number of nitrogens with zero attached hydrogens (tertiary/aromatic N) is 2. The number of rotatable bonds is 3. The van der Waals surface area contributed by atoms with Gasteiger partial charge in [0.05, 0.1) is 6.04 Å². The molecule has 0 aliphatic carbocycles. The Morgan fingerprint density at radius 1 is 1.50 bits per heavy atom. The van der Waals surface area contributed by atoms with Gasteiger partial charge in [-0.05, 0) is 25.1 Å². The molecule has 22 heavy (non-hydrogen) atoms. The van der Waals surface area contributed by atoms with E-state index in [9.17, 15) is 14.0 Å². The molecule has 2 aromatic rings. The second kappa shape index (κ2) is 6.37. The Morgan fingerprint density at radius 2 is 2.23 bits per heavy atom. The molecule has 0 fully saturated rings. The predicted octanol–water partition coefficient (Wildman–Crippen LogP) is 1.93. The first-order valence-corrected chi connectivity index (χ1v) is 6.56. The van der Waals surface area contributed by atoms with Crippen LogP contribution in [0.1, 0.15) is 34.6 Å². The minimum Gasteiger partial charge on any atom is -0.345 e. The lowest BCUT2D eigenvalue weighted by Crippen LogP contribution is -2.32. The summed E-state index contributed by atoms with van der Waals surface area (Å²) >= 11 is 5.59. The zero-order chi connectivity index (χ0) is 16.3. The van der Waals surface area contributed by atoms with E-state index in [1.54, 1.807) is 13.0 Å². The van der Waals surface area contributed by atoms with Crippen LogP contribution in [0.15, 0.2) is 29.2 Å². The zero-order valence-electron chi connectivity index (χ0n) is 11.4. The Balaban J connectivity index is 2.24. The second-order valence-corrected chi connectivity index (χ2v) is 4.78. The molecule has 2 N–H and O–H groups in total. The first kappa shape index (κ1) is 15.7. The molecule has 0 aliphatic heterocycles. The molecule has 112 valence electrons. The van der Waals surface area contributed by atoms with Crippen molar-refractivity contribution in [2.24, 2.45) is 0 Å². The van der Waals surface area contributed by atoms with E-state index in [1.165, 1.54) is 24.4 Å². The van der Waals surface area contributed by atoms with E-state index in [0.29, 0.717) is 0 Å². The lowest BCUT2D eigenvalue weighted by molar-refractivity contribution is 0.0938. The Bertz CT molecular complexity index is 828. The number of hydrogen-bond acceptors (Lipinski definition) is 4. The van der Waals surface area contributed by atoms with Crippen molar-refractivity contribution in [3.8, 4) is 6.07 Å². The topological polar surface area (TPSA) is 98.6 Å². The number of pyridine rings is 2. The lowest BCUT2D eigenvalue weighted by Gasteiger charge is -2.15. The molecule has 0 aromatic carbocycles. The van der Waals surface area contributed by atoms with Crippen LogP contribution in [0.5, 0.6) is 0 Å². The van der Waals surface area contributed by atoms with E-state index in [1.807, 2.05) is 0 Å². The van der Waals surface area contributed by atoms with Gasteiger partial charge < -0.3 is 10.3 Å². The predicted molar refractivity (Wildman–Crippen MR) is 76.9 cm³/mol. The van der Waals surface area contributed by atoms with Gasteiger partial charge in [0.25, 0.3) is 11.5 Å². The minimum atomic E-state index is -0.731. The number of carbonyl (C=O) groups is 1. The van der Waals surface area contributed by atoms with Crippen LogP contribution in [-0.2, 0) is 0 Å². The molecular weight excluding hydrogens is 311 g/mol. The fourth-order valence-electron chi connectivity index (χ4n) is 1.84. The summed E-state index contributed by atoms with van der Waals surface area (Å²) < 4.78 is 13.8. The van der Waals surface area contributed by atoms with Gasteiger partial charge in [-0.15, -0.1) is 0 Å². The van der Waals surface area contributed by atoms with Crippen LogP contribution in [0.2, 0.25) is 5.15 Å². The van der Waals surface area contributed by atoms with Crippen molar-refractivity contribution >= 4 is 17.5 Å². The molecule has 0 saturated heterocycles. The molecule has 1 atom stereocenters. The molecule has 2 aromatic heterocycles. The van der Waals surface area contributed by atoms with Crippen molar-refractivity contribution in [3.05, 3.63) is 62.5 Å². The van der Waals surface area contributed by atoms with Gasteiger partial charge >= 0.3 is 0 Å². The molecular formula is C14H10ClFN4O2. The molecule has 6 nitrogen and oxygen atoms in total. The van der Waals surface area contributed by atoms with Gasteiger partial charge in [0.15, 0.2) is 11.0 Å². The fraction of sp³-hybridized carbons (Fsp3) is 0.143.